The van der Waals surface area contributed by atoms with Crippen molar-refractivity contribution in [2.24, 2.45) is 0 Å². The topological polar surface area (TPSA) is 55.1 Å². The minimum atomic E-state index is 0.0465. The molecule has 0 unspecified atom stereocenters. The van der Waals surface area contributed by atoms with E-state index in [1.807, 2.05) is 24.3 Å². The number of hydrogen-bond donors (Lipinski definition) is 2. The summed E-state index contributed by atoms with van der Waals surface area (Å²) in [4.78, 5) is 11.8. The van der Waals surface area contributed by atoms with Crippen LogP contribution in [0.5, 0.6) is 0 Å². The molecule has 1 saturated carbocycles. The zero-order valence-electron chi connectivity index (χ0n) is 9.62. The number of benzene rings is 1. The zero-order valence-corrected chi connectivity index (χ0v) is 9.62. The summed E-state index contributed by atoms with van der Waals surface area (Å²) in [6, 6.07) is 7.46. The summed E-state index contributed by atoms with van der Waals surface area (Å²) in [5.74, 6) is 0.104. The van der Waals surface area contributed by atoms with Crippen molar-refractivity contribution in [1.82, 2.24) is 5.32 Å². The van der Waals surface area contributed by atoms with Crippen LogP contribution >= 0.6 is 0 Å². The molecule has 16 heavy (non-hydrogen) atoms. The third-order valence-electron chi connectivity index (χ3n) is 3.24. The molecule has 3 N–H and O–H groups in total. The first-order valence-corrected chi connectivity index (χ1v) is 5.73. The van der Waals surface area contributed by atoms with Crippen molar-refractivity contribution < 1.29 is 4.79 Å². The van der Waals surface area contributed by atoms with Crippen molar-refractivity contribution >= 4 is 11.6 Å². The van der Waals surface area contributed by atoms with Gasteiger partial charge in [-0.25, -0.2) is 0 Å². The van der Waals surface area contributed by atoms with Crippen LogP contribution in [-0.2, 0) is 11.2 Å². The molecule has 1 aromatic carbocycles. The highest BCUT2D eigenvalue weighted by molar-refractivity contribution is 5.79. The molecule has 1 aromatic rings. The number of nitrogens with one attached hydrogen (secondary N) is 1. The number of amides is 1. The molecule has 1 amide bonds. The van der Waals surface area contributed by atoms with Crippen LogP contribution in [0, 0.1) is 0 Å². The lowest BCUT2D eigenvalue weighted by Gasteiger charge is -2.39. The van der Waals surface area contributed by atoms with Gasteiger partial charge >= 0.3 is 0 Å². The van der Waals surface area contributed by atoms with E-state index in [2.05, 4.69) is 12.2 Å². The molecule has 0 aliphatic heterocycles. The Bertz CT molecular complexity index is 379. The third-order valence-corrected chi connectivity index (χ3v) is 3.24. The SMILES string of the molecule is CC1(NC(=O)Cc2ccc(N)cc2)CCC1. The first-order valence-electron chi connectivity index (χ1n) is 5.73. The minimum absolute atomic E-state index is 0.0465. The summed E-state index contributed by atoms with van der Waals surface area (Å²) in [5, 5.41) is 3.09. The van der Waals surface area contributed by atoms with E-state index < -0.39 is 0 Å². The average molecular weight is 218 g/mol. The van der Waals surface area contributed by atoms with E-state index in [9.17, 15) is 4.79 Å². The second-order valence-corrected chi connectivity index (χ2v) is 4.88. The smallest absolute Gasteiger partial charge is 0.224 e. The molecule has 86 valence electrons. The molecule has 0 saturated heterocycles. The fourth-order valence-corrected chi connectivity index (χ4v) is 2.03. The van der Waals surface area contributed by atoms with Gasteiger partial charge in [-0.3, -0.25) is 4.79 Å². The molecule has 0 radical (unpaired) electrons. The van der Waals surface area contributed by atoms with Gasteiger partial charge in [-0.2, -0.15) is 0 Å². The molecule has 1 aliphatic carbocycles. The number of nitrogen functional groups attached to an aromatic ring is 1. The summed E-state index contributed by atoms with van der Waals surface area (Å²) < 4.78 is 0. The number of carbonyl (C=O) groups excluding carboxylic acids is 1. The van der Waals surface area contributed by atoms with Crippen LogP contribution < -0.4 is 11.1 Å². The first kappa shape index (κ1) is 11.0. The molecule has 0 heterocycles. The standard InChI is InChI=1S/C13H18N2O/c1-13(7-2-8-13)15-12(16)9-10-3-5-11(14)6-4-10/h3-6H,2,7-9,14H2,1H3,(H,15,16). The predicted molar refractivity (Wildman–Crippen MR) is 65.0 cm³/mol. The van der Waals surface area contributed by atoms with Gasteiger partial charge in [-0.1, -0.05) is 12.1 Å². The molecule has 0 atom stereocenters. The maximum absolute atomic E-state index is 11.8. The Balaban J connectivity index is 1.89. The fraction of sp³-hybridized carbons (Fsp3) is 0.462. The fourth-order valence-electron chi connectivity index (χ4n) is 2.03. The Morgan fingerprint density at radius 1 is 1.38 bits per heavy atom. The normalized spacial score (nSPS) is 17.6. The van der Waals surface area contributed by atoms with Crippen molar-refractivity contribution in [2.75, 3.05) is 5.73 Å². The molecular weight excluding hydrogens is 200 g/mol. The number of nitrogens with two attached hydrogens (primary N) is 1. The van der Waals surface area contributed by atoms with Crippen LogP contribution in [0.1, 0.15) is 31.7 Å². The molecule has 0 bridgehead atoms. The van der Waals surface area contributed by atoms with Crippen LogP contribution in [0.15, 0.2) is 24.3 Å². The summed E-state index contributed by atoms with van der Waals surface area (Å²) in [6.45, 7) is 2.11. The highest BCUT2D eigenvalue weighted by Crippen LogP contribution is 2.30. The van der Waals surface area contributed by atoms with Gasteiger partial charge in [0.1, 0.15) is 0 Å². The van der Waals surface area contributed by atoms with Gasteiger partial charge in [0.15, 0.2) is 0 Å². The van der Waals surface area contributed by atoms with Crippen molar-refractivity contribution in [3.8, 4) is 0 Å². The number of carbonyl (C=O) groups is 1. The molecule has 3 heteroatoms. The Morgan fingerprint density at radius 3 is 2.50 bits per heavy atom. The Hall–Kier alpha value is -1.51. The van der Waals surface area contributed by atoms with Crippen molar-refractivity contribution in [1.29, 1.82) is 0 Å². The summed E-state index contributed by atoms with van der Waals surface area (Å²) >= 11 is 0. The van der Waals surface area contributed by atoms with E-state index in [4.69, 9.17) is 5.73 Å². The minimum Gasteiger partial charge on any atom is -0.399 e. The molecule has 0 aromatic heterocycles. The van der Waals surface area contributed by atoms with Crippen LogP contribution in [0.4, 0.5) is 5.69 Å². The molecule has 2 rings (SSSR count). The van der Waals surface area contributed by atoms with E-state index in [0.29, 0.717) is 6.42 Å². The van der Waals surface area contributed by atoms with Gasteiger partial charge in [0, 0.05) is 11.2 Å². The van der Waals surface area contributed by atoms with Gasteiger partial charge in [0.2, 0.25) is 5.91 Å². The average Bonchev–Trinajstić information content (AvgIpc) is 2.19. The maximum Gasteiger partial charge on any atom is 0.224 e. The van der Waals surface area contributed by atoms with Gasteiger partial charge in [0.05, 0.1) is 6.42 Å². The predicted octanol–water partition coefficient (Wildman–Crippen LogP) is 1.87. The highest BCUT2D eigenvalue weighted by Gasteiger charge is 2.32. The van der Waals surface area contributed by atoms with Gasteiger partial charge in [-0.15, -0.1) is 0 Å². The summed E-state index contributed by atoms with van der Waals surface area (Å²) in [5.41, 5.74) is 7.38. The lowest BCUT2D eigenvalue weighted by molar-refractivity contribution is -0.123. The lowest BCUT2D eigenvalue weighted by Crippen LogP contribution is -2.51. The van der Waals surface area contributed by atoms with E-state index in [1.165, 1.54) is 6.42 Å². The Morgan fingerprint density at radius 2 is 2.00 bits per heavy atom. The van der Waals surface area contributed by atoms with Gasteiger partial charge < -0.3 is 11.1 Å². The Labute approximate surface area is 96.0 Å². The van der Waals surface area contributed by atoms with Crippen LogP contribution in [0.25, 0.3) is 0 Å². The molecule has 3 nitrogen and oxygen atoms in total. The van der Waals surface area contributed by atoms with Gasteiger partial charge in [-0.05, 0) is 43.9 Å². The van der Waals surface area contributed by atoms with Crippen molar-refractivity contribution in [3.05, 3.63) is 29.8 Å². The van der Waals surface area contributed by atoms with E-state index in [1.54, 1.807) is 0 Å². The maximum atomic E-state index is 11.8. The summed E-state index contributed by atoms with van der Waals surface area (Å²) in [6.07, 6.45) is 3.86. The lowest BCUT2D eigenvalue weighted by atomic mass is 9.78. The van der Waals surface area contributed by atoms with E-state index in [0.717, 1.165) is 24.1 Å². The van der Waals surface area contributed by atoms with E-state index >= 15 is 0 Å². The summed E-state index contributed by atoms with van der Waals surface area (Å²) in [7, 11) is 0. The number of hydrogen-bond acceptors (Lipinski definition) is 2. The van der Waals surface area contributed by atoms with E-state index in [-0.39, 0.29) is 11.4 Å². The second-order valence-electron chi connectivity index (χ2n) is 4.88. The molecule has 0 spiro atoms. The largest absolute Gasteiger partial charge is 0.399 e. The first-order chi connectivity index (χ1) is 7.57. The molecular formula is C13H18N2O. The number of anilines is 1. The molecule has 1 aliphatic rings. The molecule has 1 fully saturated rings. The Kier molecular flexibility index (Phi) is 2.86. The quantitative estimate of drug-likeness (QED) is 0.761. The second kappa shape index (κ2) is 4.16. The van der Waals surface area contributed by atoms with Gasteiger partial charge in [0.25, 0.3) is 0 Å². The van der Waals surface area contributed by atoms with Crippen molar-refractivity contribution in [3.63, 3.8) is 0 Å². The van der Waals surface area contributed by atoms with Crippen LogP contribution in [-0.4, -0.2) is 11.4 Å². The number of rotatable bonds is 3. The van der Waals surface area contributed by atoms with Crippen LogP contribution in [0.2, 0.25) is 0 Å². The third kappa shape index (κ3) is 2.54. The monoisotopic (exact) mass is 218 g/mol. The highest BCUT2D eigenvalue weighted by atomic mass is 16.1. The van der Waals surface area contributed by atoms with Crippen molar-refractivity contribution in [2.45, 2.75) is 38.1 Å². The van der Waals surface area contributed by atoms with Crippen LogP contribution in [0.3, 0.4) is 0 Å². The zero-order chi connectivity index (χ0) is 11.6.